The van der Waals surface area contributed by atoms with Crippen LogP contribution in [0.1, 0.15) is 22.7 Å². The van der Waals surface area contributed by atoms with E-state index in [0.29, 0.717) is 0 Å². The van der Waals surface area contributed by atoms with Gasteiger partial charge < -0.3 is 10.2 Å². The maximum absolute atomic E-state index is 11.7. The van der Waals surface area contributed by atoms with Crippen LogP contribution in [0.3, 0.4) is 0 Å². The molecule has 1 aromatic rings. The Bertz CT molecular complexity index is 427. The zero-order chi connectivity index (χ0) is 11.7. The molecule has 1 atom stereocenters. The molecule has 1 aromatic heterocycles. The molecule has 0 aromatic carbocycles. The van der Waals surface area contributed by atoms with Crippen LogP contribution in [0.5, 0.6) is 0 Å². The van der Waals surface area contributed by atoms with Gasteiger partial charge in [0, 0.05) is 9.75 Å². The van der Waals surface area contributed by atoms with Crippen LogP contribution in [0, 0.1) is 6.92 Å². The van der Waals surface area contributed by atoms with Crippen molar-refractivity contribution >= 4 is 23.2 Å². The molecule has 0 aliphatic carbocycles. The van der Waals surface area contributed by atoms with Crippen molar-refractivity contribution in [2.75, 3.05) is 13.1 Å². The molecule has 2 amide bonds. The van der Waals surface area contributed by atoms with Gasteiger partial charge in [0.25, 0.3) is 0 Å². The Morgan fingerprint density at radius 1 is 1.44 bits per heavy atom. The van der Waals surface area contributed by atoms with Crippen LogP contribution in [-0.4, -0.2) is 29.8 Å². The zero-order valence-corrected chi connectivity index (χ0v) is 10.1. The third-order valence-corrected chi connectivity index (χ3v) is 3.88. The lowest BCUT2D eigenvalue weighted by Crippen LogP contribution is -2.52. The quantitative estimate of drug-likeness (QED) is 0.838. The van der Waals surface area contributed by atoms with Gasteiger partial charge in [0.15, 0.2) is 0 Å². The molecule has 2 rings (SSSR count). The van der Waals surface area contributed by atoms with E-state index < -0.39 is 0 Å². The summed E-state index contributed by atoms with van der Waals surface area (Å²) in [6.07, 6.45) is 0. The van der Waals surface area contributed by atoms with E-state index in [1.807, 2.05) is 26.0 Å². The largest absolute Gasteiger partial charge is 0.345 e. The third kappa shape index (κ3) is 2.09. The van der Waals surface area contributed by atoms with Crippen LogP contribution in [0.2, 0.25) is 0 Å². The van der Waals surface area contributed by atoms with Crippen LogP contribution in [0.25, 0.3) is 0 Å². The van der Waals surface area contributed by atoms with E-state index in [1.165, 1.54) is 4.88 Å². The zero-order valence-electron chi connectivity index (χ0n) is 9.32. The Hall–Kier alpha value is -1.36. The van der Waals surface area contributed by atoms with Gasteiger partial charge in [0.05, 0.1) is 12.6 Å². The van der Waals surface area contributed by atoms with Gasteiger partial charge in [0.1, 0.15) is 6.54 Å². The highest BCUT2D eigenvalue weighted by Gasteiger charge is 2.28. The number of hydrogen-bond donors (Lipinski definition) is 1. The summed E-state index contributed by atoms with van der Waals surface area (Å²) >= 11 is 1.67. The van der Waals surface area contributed by atoms with E-state index in [4.69, 9.17) is 0 Å². The number of piperazine rings is 1. The van der Waals surface area contributed by atoms with Gasteiger partial charge in [-0.3, -0.25) is 9.59 Å². The molecular formula is C11H14N2O2S. The van der Waals surface area contributed by atoms with Crippen LogP contribution in [-0.2, 0) is 9.59 Å². The first-order chi connectivity index (χ1) is 7.58. The minimum absolute atomic E-state index is 0.0156. The van der Waals surface area contributed by atoms with Gasteiger partial charge >= 0.3 is 0 Å². The average Bonchev–Trinajstić information content (AvgIpc) is 2.67. The second-order valence-corrected chi connectivity index (χ2v) is 5.24. The van der Waals surface area contributed by atoms with Gasteiger partial charge in [0.2, 0.25) is 11.8 Å². The molecule has 0 radical (unpaired) electrons. The van der Waals surface area contributed by atoms with Crippen molar-refractivity contribution in [3.8, 4) is 0 Å². The van der Waals surface area contributed by atoms with E-state index in [0.717, 1.165) is 4.88 Å². The SMILES string of the molecule is Cc1ccc(C(C)N2CC(=O)NCC2=O)s1. The number of carbonyl (C=O) groups is 2. The smallest absolute Gasteiger partial charge is 0.242 e. The summed E-state index contributed by atoms with van der Waals surface area (Å²) in [4.78, 5) is 26.9. The molecule has 1 aliphatic rings. The second kappa shape index (κ2) is 4.25. The standard InChI is InChI=1S/C11H14N2O2S/c1-7-3-4-9(16-7)8(2)13-6-10(14)12-5-11(13)15/h3-4,8H,5-6H2,1-2H3,(H,12,14). The lowest BCUT2D eigenvalue weighted by atomic mass is 10.2. The molecule has 1 aliphatic heterocycles. The molecule has 86 valence electrons. The molecule has 16 heavy (non-hydrogen) atoms. The van der Waals surface area contributed by atoms with E-state index in [9.17, 15) is 9.59 Å². The molecule has 4 nitrogen and oxygen atoms in total. The summed E-state index contributed by atoms with van der Waals surface area (Å²) in [5.74, 6) is -0.0992. The number of nitrogens with zero attached hydrogens (tertiary/aromatic N) is 1. The summed E-state index contributed by atoms with van der Waals surface area (Å²) in [5.41, 5.74) is 0. The van der Waals surface area contributed by atoms with Crippen LogP contribution >= 0.6 is 11.3 Å². The minimum Gasteiger partial charge on any atom is -0.345 e. The molecule has 1 N–H and O–H groups in total. The molecule has 0 saturated carbocycles. The first kappa shape index (κ1) is 11.1. The number of aryl methyl sites for hydroxylation is 1. The fourth-order valence-corrected chi connectivity index (χ4v) is 2.70. The van der Waals surface area contributed by atoms with Crippen molar-refractivity contribution in [1.82, 2.24) is 10.2 Å². The molecule has 2 heterocycles. The van der Waals surface area contributed by atoms with Crippen molar-refractivity contribution in [3.05, 3.63) is 21.9 Å². The number of amides is 2. The number of rotatable bonds is 2. The maximum Gasteiger partial charge on any atom is 0.242 e. The molecule has 1 saturated heterocycles. The Morgan fingerprint density at radius 2 is 2.19 bits per heavy atom. The first-order valence-electron chi connectivity index (χ1n) is 5.20. The summed E-state index contributed by atoms with van der Waals surface area (Å²) in [5, 5.41) is 2.55. The first-order valence-corrected chi connectivity index (χ1v) is 6.02. The minimum atomic E-state index is -0.0836. The van der Waals surface area contributed by atoms with Crippen molar-refractivity contribution in [1.29, 1.82) is 0 Å². The molecule has 0 bridgehead atoms. The van der Waals surface area contributed by atoms with E-state index in [-0.39, 0.29) is 30.9 Å². The fourth-order valence-electron chi connectivity index (χ4n) is 1.76. The Balaban J connectivity index is 2.17. The molecule has 1 fully saturated rings. The summed E-state index contributed by atoms with van der Waals surface area (Å²) in [6.45, 7) is 4.28. The predicted octanol–water partition coefficient (Wildman–Crippen LogP) is 1.08. The van der Waals surface area contributed by atoms with Crippen molar-refractivity contribution < 1.29 is 9.59 Å². The van der Waals surface area contributed by atoms with Gasteiger partial charge in [-0.2, -0.15) is 0 Å². The lowest BCUT2D eigenvalue weighted by Gasteiger charge is -2.31. The number of carbonyl (C=O) groups excluding carboxylic acids is 2. The van der Waals surface area contributed by atoms with Gasteiger partial charge in [-0.1, -0.05) is 0 Å². The average molecular weight is 238 g/mol. The summed E-state index contributed by atoms with van der Waals surface area (Å²) in [6, 6.07) is 4.03. The van der Waals surface area contributed by atoms with Gasteiger partial charge in [-0.25, -0.2) is 0 Å². The predicted molar refractivity (Wildman–Crippen MR) is 62.2 cm³/mol. The highest BCUT2D eigenvalue weighted by Crippen LogP contribution is 2.27. The summed E-state index contributed by atoms with van der Waals surface area (Å²) < 4.78 is 0. The van der Waals surface area contributed by atoms with Gasteiger partial charge in [-0.05, 0) is 26.0 Å². The Labute approximate surface area is 98.3 Å². The monoisotopic (exact) mass is 238 g/mol. The highest BCUT2D eigenvalue weighted by molar-refractivity contribution is 7.12. The Kier molecular flexibility index (Phi) is 2.96. The number of thiophene rings is 1. The van der Waals surface area contributed by atoms with Crippen molar-refractivity contribution in [2.24, 2.45) is 0 Å². The van der Waals surface area contributed by atoms with E-state index in [2.05, 4.69) is 5.32 Å². The Morgan fingerprint density at radius 3 is 2.81 bits per heavy atom. The van der Waals surface area contributed by atoms with Crippen LogP contribution < -0.4 is 5.32 Å². The van der Waals surface area contributed by atoms with Crippen LogP contribution in [0.15, 0.2) is 12.1 Å². The maximum atomic E-state index is 11.7. The number of nitrogens with one attached hydrogen (secondary N) is 1. The second-order valence-electron chi connectivity index (χ2n) is 3.92. The van der Waals surface area contributed by atoms with Crippen LogP contribution in [0.4, 0.5) is 0 Å². The topological polar surface area (TPSA) is 49.4 Å². The third-order valence-electron chi connectivity index (χ3n) is 2.71. The molecule has 0 spiro atoms. The fraction of sp³-hybridized carbons (Fsp3) is 0.455. The van der Waals surface area contributed by atoms with Crippen molar-refractivity contribution in [3.63, 3.8) is 0 Å². The van der Waals surface area contributed by atoms with Crippen molar-refractivity contribution in [2.45, 2.75) is 19.9 Å². The van der Waals surface area contributed by atoms with E-state index >= 15 is 0 Å². The normalized spacial score (nSPS) is 18.5. The van der Waals surface area contributed by atoms with E-state index in [1.54, 1.807) is 16.2 Å². The summed E-state index contributed by atoms with van der Waals surface area (Å²) in [7, 11) is 0. The number of hydrogen-bond acceptors (Lipinski definition) is 3. The van der Waals surface area contributed by atoms with Gasteiger partial charge in [-0.15, -0.1) is 11.3 Å². The lowest BCUT2D eigenvalue weighted by molar-refractivity contribution is -0.142. The highest BCUT2D eigenvalue weighted by atomic mass is 32.1. The molecular weight excluding hydrogens is 224 g/mol. The molecule has 5 heteroatoms. The molecule has 1 unspecified atom stereocenters.